The van der Waals surface area contributed by atoms with E-state index in [4.69, 9.17) is 4.74 Å². The summed E-state index contributed by atoms with van der Waals surface area (Å²) in [6.07, 6.45) is 0. The SMILES string of the molecule is CCOC(=O)c1nn(-c2ccc(C(C)C)cc2)c(=O)c2c(NC(=O)c3ccc(C)c([N+](=O)[O-])c3)scc12. The van der Waals surface area contributed by atoms with Crippen LogP contribution in [0.25, 0.3) is 16.5 Å². The lowest BCUT2D eigenvalue weighted by Gasteiger charge is -2.11. The molecule has 10 nitrogen and oxygen atoms in total. The number of hydrogen-bond donors (Lipinski definition) is 1. The van der Waals surface area contributed by atoms with Gasteiger partial charge in [-0.15, -0.1) is 11.3 Å². The Balaban J connectivity index is 1.84. The van der Waals surface area contributed by atoms with Crippen LogP contribution in [0.2, 0.25) is 0 Å². The molecule has 0 unspecified atom stereocenters. The quantitative estimate of drug-likeness (QED) is 0.201. The number of amides is 1. The van der Waals surface area contributed by atoms with Crippen LogP contribution in [-0.4, -0.2) is 33.2 Å². The first-order valence-corrected chi connectivity index (χ1v) is 12.4. The van der Waals surface area contributed by atoms with Gasteiger partial charge in [0.05, 0.1) is 22.6 Å². The van der Waals surface area contributed by atoms with Gasteiger partial charge in [0.2, 0.25) is 0 Å². The second-order valence-electron chi connectivity index (χ2n) is 8.60. The number of benzene rings is 2. The number of nitro benzene ring substituents is 1. The van der Waals surface area contributed by atoms with E-state index in [1.54, 1.807) is 31.4 Å². The van der Waals surface area contributed by atoms with E-state index in [9.17, 15) is 24.5 Å². The first-order chi connectivity index (χ1) is 17.6. The lowest BCUT2D eigenvalue weighted by atomic mass is 10.0. The molecular formula is C26H24N4O6S. The van der Waals surface area contributed by atoms with Crippen molar-refractivity contribution in [1.82, 2.24) is 9.78 Å². The number of hydrogen-bond acceptors (Lipinski definition) is 8. The van der Waals surface area contributed by atoms with Crippen LogP contribution in [-0.2, 0) is 4.74 Å². The highest BCUT2D eigenvalue weighted by Crippen LogP contribution is 2.31. The number of esters is 1. The van der Waals surface area contributed by atoms with E-state index in [0.29, 0.717) is 11.3 Å². The zero-order valence-corrected chi connectivity index (χ0v) is 21.4. The molecule has 0 radical (unpaired) electrons. The van der Waals surface area contributed by atoms with E-state index in [2.05, 4.69) is 10.4 Å². The van der Waals surface area contributed by atoms with Crippen LogP contribution in [0.3, 0.4) is 0 Å². The van der Waals surface area contributed by atoms with Crippen LogP contribution in [0.5, 0.6) is 0 Å². The summed E-state index contributed by atoms with van der Waals surface area (Å²) in [5.41, 5.74) is 1.20. The Morgan fingerprint density at radius 3 is 2.51 bits per heavy atom. The number of aryl methyl sites for hydroxylation is 1. The number of nitrogens with one attached hydrogen (secondary N) is 1. The molecule has 2 aromatic heterocycles. The van der Waals surface area contributed by atoms with Crippen LogP contribution in [0.15, 0.2) is 52.6 Å². The number of nitrogens with zero attached hydrogens (tertiary/aromatic N) is 3. The Labute approximate surface area is 215 Å². The van der Waals surface area contributed by atoms with Gasteiger partial charge in [0.1, 0.15) is 5.00 Å². The Hall–Kier alpha value is -4.38. The summed E-state index contributed by atoms with van der Waals surface area (Å²) in [5.74, 6) is -1.05. The van der Waals surface area contributed by atoms with Crippen molar-refractivity contribution in [1.29, 1.82) is 0 Å². The normalized spacial score (nSPS) is 11.1. The fourth-order valence-electron chi connectivity index (χ4n) is 3.79. The lowest BCUT2D eigenvalue weighted by molar-refractivity contribution is -0.385. The van der Waals surface area contributed by atoms with Crippen LogP contribution >= 0.6 is 11.3 Å². The standard InChI is InChI=1S/C26H24N4O6S/c1-5-36-26(33)22-19-13-37-24(27-23(31)17-7-6-15(4)20(12-17)30(34)35)21(19)25(32)29(28-22)18-10-8-16(9-11-18)14(2)3/h6-14H,5H2,1-4H3,(H,27,31). The number of carbonyl (C=O) groups excluding carboxylic acids is 2. The summed E-state index contributed by atoms with van der Waals surface area (Å²) in [6.45, 7) is 7.45. The maximum Gasteiger partial charge on any atom is 0.359 e. The Kier molecular flexibility index (Phi) is 7.16. The van der Waals surface area contributed by atoms with Gasteiger partial charge < -0.3 is 10.1 Å². The first-order valence-electron chi connectivity index (χ1n) is 11.5. The van der Waals surface area contributed by atoms with Crippen molar-refractivity contribution in [2.75, 3.05) is 11.9 Å². The zero-order chi connectivity index (χ0) is 26.9. The number of rotatable bonds is 7. The van der Waals surface area contributed by atoms with E-state index in [0.717, 1.165) is 21.6 Å². The summed E-state index contributed by atoms with van der Waals surface area (Å²) in [6, 6.07) is 11.4. The molecule has 0 atom stereocenters. The highest BCUT2D eigenvalue weighted by molar-refractivity contribution is 7.16. The molecule has 0 saturated heterocycles. The van der Waals surface area contributed by atoms with Gasteiger partial charge in [-0.25, -0.2) is 4.79 Å². The number of nitro groups is 1. The van der Waals surface area contributed by atoms with Crippen molar-refractivity contribution in [3.05, 3.63) is 90.7 Å². The van der Waals surface area contributed by atoms with E-state index < -0.39 is 22.4 Å². The third-order valence-corrected chi connectivity index (χ3v) is 6.72. The lowest BCUT2D eigenvalue weighted by Crippen LogP contribution is -2.25. The van der Waals surface area contributed by atoms with Crippen LogP contribution in [0.1, 0.15) is 58.7 Å². The fourth-order valence-corrected chi connectivity index (χ4v) is 4.72. The predicted molar refractivity (Wildman–Crippen MR) is 141 cm³/mol. The molecule has 0 aliphatic carbocycles. The van der Waals surface area contributed by atoms with Gasteiger partial charge in [0.25, 0.3) is 17.2 Å². The Bertz CT molecular complexity index is 1590. The molecule has 1 N–H and O–H groups in total. The van der Waals surface area contributed by atoms with Gasteiger partial charge in [-0.3, -0.25) is 19.7 Å². The highest BCUT2D eigenvalue weighted by Gasteiger charge is 2.24. The van der Waals surface area contributed by atoms with Crippen molar-refractivity contribution in [3.8, 4) is 5.69 Å². The third-order valence-electron chi connectivity index (χ3n) is 5.82. The van der Waals surface area contributed by atoms with Crippen LogP contribution in [0.4, 0.5) is 10.7 Å². The highest BCUT2D eigenvalue weighted by atomic mass is 32.1. The number of ether oxygens (including phenoxy) is 1. The molecular weight excluding hydrogens is 496 g/mol. The second kappa shape index (κ2) is 10.3. The maximum atomic E-state index is 13.6. The number of thiophene rings is 1. The Morgan fingerprint density at radius 1 is 1.19 bits per heavy atom. The smallest absolute Gasteiger partial charge is 0.359 e. The molecule has 2 aromatic carbocycles. The topological polar surface area (TPSA) is 133 Å². The third kappa shape index (κ3) is 4.98. The number of aromatic nitrogens is 2. The van der Waals surface area contributed by atoms with Gasteiger partial charge >= 0.3 is 5.97 Å². The molecule has 37 heavy (non-hydrogen) atoms. The summed E-state index contributed by atoms with van der Waals surface area (Å²) in [4.78, 5) is 50.0. The molecule has 0 aliphatic heterocycles. The molecule has 0 aliphatic rings. The minimum atomic E-state index is -0.704. The molecule has 0 saturated carbocycles. The van der Waals surface area contributed by atoms with Crippen molar-refractivity contribution in [2.45, 2.75) is 33.6 Å². The van der Waals surface area contributed by atoms with Crippen molar-refractivity contribution in [3.63, 3.8) is 0 Å². The monoisotopic (exact) mass is 520 g/mol. The molecule has 0 spiro atoms. The summed E-state index contributed by atoms with van der Waals surface area (Å²) in [5, 5.41) is 20.3. The van der Waals surface area contributed by atoms with Crippen molar-refractivity contribution < 1.29 is 19.2 Å². The molecule has 4 rings (SSSR count). The minimum absolute atomic E-state index is 0.0584. The predicted octanol–water partition coefficient (Wildman–Crippen LogP) is 5.22. The van der Waals surface area contributed by atoms with Gasteiger partial charge in [0, 0.05) is 28.0 Å². The Morgan fingerprint density at radius 2 is 1.89 bits per heavy atom. The molecule has 4 aromatic rings. The second-order valence-corrected chi connectivity index (χ2v) is 9.48. The van der Waals surface area contributed by atoms with E-state index in [-0.39, 0.29) is 45.2 Å². The van der Waals surface area contributed by atoms with Crippen LogP contribution < -0.4 is 10.9 Å². The molecule has 0 bridgehead atoms. The largest absolute Gasteiger partial charge is 0.461 e. The van der Waals surface area contributed by atoms with Crippen molar-refractivity contribution in [2.24, 2.45) is 0 Å². The van der Waals surface area contributed by atoms with E-state index in [1.807, 2.05) is 26.0 Å². The molecule has 0 fully saturated rings. The number of anilines is 1. The first kappa shape index (κ1) is 25.7. The van der Waals surface area contributed by atoms with Gasteiger partial charge in [0.15, 0.2) is 5.69 Å². The average molecular weight is 521 g/mol. The van der Waals surface area contributed by atoms with Gasteiger partial charge in [-0.2, -0.15) is 9.78 Å². The van der Waals surface area contributed by atoms with Gasteiger partial charge in [-0.05, 0) is 43.5 Å². The molecule has 1 amide bonds. The molecule has 2 heterocycles. The summed E-state index contributed by atoms with van der Waals surface area (Å²) < 4.78 is 6.27. The number of fused-ring (bicyclic) bond motifs is 1. The fraction of sp³-hybridized carbons (Fsp3) is 0.231. The van der Waals surface area contributed by atoms with Crippen LogP contribution in [0, 0.1) is 17.0 Å². The molecule has 11 heteroatoms. The minimum Gasteiger partial charge on any atom is -0.461 e. The summed E-state index contributed by atoms with van der Waals surface area (Å²) >= 11 is 1.05. The van der Waals surface area contributed by atoms with E-state index >= 15 is 0 Å². The zero-order valence-electron chi connectivity index (χ0n) is 20.6. The average Bonchev–Trinajstić information content (AvgIpc) is 3.28. The maximum absolute atomic E-state index is 13.6. The van der Waals surface area contributed by atoms with E-state index in [1.165, 1.54) is 18.2 Å². The summed E-state index contributed by atoms with van der Waals surface area (Å²) in [7, 11) is 0. The van der Waals surface area contributed by atoms with Crippen molar-refractivity contribution >= 4 is 44.7 Å². The molecule has 190 valence electrons. The number of carbonyl (C=O) groups is 2. The van der Waals surface area contributed by atoms with Gasteiger partial charge in [-0.1, -0.05) is 32.0 Å².